The molecule has 0 aliphatic heterocycles. The van der Waals surface area contributed by atoms with E-state index in [2.05, 4.69) is 15.3 Å². The molecule has 0 aromatic heterocycles. The van der Waals surface area contributed by atoms with Crippen LogP contribution in [0.25, 0.3) is 10.4 Å². The molecular weight excluding hydrogens is 142 g/mol. The second-order valence-corrected chi connectivity index (χ2v) is 2.42. The number of azide groups is 1. The first-order valence-electron chi connectivity index (χ1n) is 3.37. The highest BCUT2D eigenvalue weighted by Crippen LogP contribution is 1.87. The summed E-state index contributed by atoms with van der Waals surface area (Å²) in [4.78, 5) is 2.56. The molecule has 60 valence electrons. The molecule has 1 unspecified atom stereocenters. The Hall–Kier alpha value is -1.24. The minimum absolute atomic E-state index is 0.186. The summed E-state index contributed by atoms with van der Waals surface area (Å²) in [6.45, 7) is 4.05. The van der Waals surface area contributed by atoms with E-state index in [4.69, 9.17) is 10.8 Å². The molecule has 11 heavy (non-hydrogen) atoms. The second-order valence-electron chi connectivity index (χ2n) is 2.42. The summed E-state index contributed by atoms with van der Waals surface area (Å²) in [5, 5.41) is 14.7. The van der Waals surface area contributed by atoms with Crippen molar-refractivity contribution in [3.8, 4) is 6.07 Å². The van der Waals surface area contributed by atoms with Crippen LogP contribution in [0.15, 0.2) is 5.11 Å². The first-order chi connectivity index (χ1) is 5.20. The third-order valence-electron chi connectivity index (χ3n) is 1.02. The fraction of sp³-hybridized carbons (Fsp3) is 0.833. The van der Waals surface area contributed by atoms with Crippen molar-refractivity contribution in [2.45, 2.75) is 25.9 Å². The van der Waals surface area contributed by atoms with Crippen LogP contribution in [-0.2, 0) is 0 Å². The number of rotatable bonds is 4. The van der Waals surface area contributed by atoms with E-state index in [-0.39, 0.29) is 18.6 Å². The van der Waals surface area contributed by atoms with E-state index in [1.54, 1.807) is 0 Å². The average Bonchev–Trinajstić information content (AvgIpc) is 1.97. The molecule has 0 aromatic rings. The second kappa shape index (κ2) is 5.54. The fourth-order valence-electron chi connectivity index (χ4n) is 0.651. The van der Waals surface area contributed by atoms with Crippen LogP contribution in [0.5, 0.6) is 0 Å². The van der Waals surface area contributed by atoms with Crippen LogP contribution in [0.2, 0.25) is 0 Å². The summed E-state index contributed by atoms with van der Waals surface area (Å²) in [7, 11) is 0. The van der Waals surface area contributed by atoms with Gasteiger partial charge in [-0.2, -0.15) is 5.26 Å². The van der Waals surface area contributed by atoms with E-state index in [1.165, 1.54) is 0 Å². The minimum Gasteiger partial charge on any atom is -0.300 e. The van der Waals surface area contributed by atoms with Crippen LogP contribution in [0.3, 0.4) is 0 Å². The third-order valence-corrected chi connectivity index (χ3v) is 1.02. The van der Waals surface area contributed by atoms with Gasteiger partial charge in [0.15, 0.2) is 0 Å². The summed E-state index contributed by atoms with van der Waals surface area (Å²) in [5.74, 6) is 0. The van der Waals surface area contributed by atoms with Gasteiger partial charge in [0, 0.05) is 11.0 Å². The van der Waals surface area contributed by atoms with Crippen molar-refractivity contribution < 1.29 is 0 Å². The lowest BCUT2D eigenvalue weighted by molar-refractivity contribution is 0.535. The zero-order valence-corrected chi connectivity index (χ0v) is 6.65. The largest absolute Gasteiger partial charge is 0.300 e. The SMILES string of the molecule is CC(C)NC(C#N)CN=[N+]=[N-]. The minimum atomic E-state index is -0.370. The van der Waals surface area contributed by atoms with Gasteiger partial charge in [-0.25, -0.2) is 0 Å². The zero-order valence-electron chi connectivity index (χ0n) is 6.65. The van der Waals surface area contributed by atoms with Crippen LogP contribution in [0.4, 0.5) is 0 Å². The lowest BCUT2D eigenvalue weighted by atomic mass is 10.3. The standard InChI is InChI=1S/C6H11N5/c1-5(2)10-6(3-7)4-9-11-8/h5-6,10H,4H2,1-2H3. The summed E-state index contributed by atoms with van der Waals surface area (Å²) in [5.41, 5.74) is 7.97. The lowest BCUT2D eigenvalue weighted by Gasteiger charge is -2.10. The van der Waals surface area contributed by atoms with Crippen LogP contribution in [0.1, 0.15) is 13.8 Å². The Labute approximate surface area is 65.6 Å². The Kier molecular flexibility index (Phi) is 4.91. The molecule has 0 aliphatic carbocycles. The Morgan fingerprint density at radius 1 is 1.73 bits per heavy atom. The normalized spacial score (nSPS) is 11.8. The van der Waals surface area contributed by atoms with E-state index in [9.17, 15) is 0 Å². The first-order valence-corrected chi connectivity index (χ1v) is 3.37. The van der Waals surface area contributed by atoms with Crippen LogP contribution < -0.4 is 5.32 Å². The van der Waals surface area contributed by atoms with E-state index >= 15 is 0 Å². The molecule has 1 N–H and O–H groups in total. The summed E-state index contributed by atoms with van der Waals surface area (Å²) < 4.78 is 0. The highest BCUT2D eigenvalue weighted by atomic mass is 15.1. The van der Waals surface area contributed by atoms with Crippen molar-refractivity contribution in [1.82, 2.24) is 5.32 Å². The molecule has 0 saturated heterocycles. The van der Waals surface area contributed by atoms with Crippen LogP contribution in [0, 0.1) is 11.3 Å². The van der Waals surface area contributed by atoms with Gasteiger partial charge in [-0.05, 0) is 19.4 Å². The molecule has 0 amide bonds. The van der Waals surface area contributed by atoms with Crippen molar-refractivity contribution in [3.05, 3.63) is 10.4 Å². The molecule has 1 atom stereocenters. The topological polar surface area (TPSA) is 84.6 Å². The smallest absolute Gasteiger partial charge is 0.101 e. The van der Waals surface area contributed by atoms with E-state index in [1.807, 2.05) is 19.9 Å². The van der Waals surface area contributed by atoms with E-state index in [0.29, 0.717) is 0 Å². The monoisotopic (exact) mass is 153 g/mol. The molecule has 0 heterocycles. The van der Waals surface area contributed by atoms with Gasteiger partial charge < -0.3 is 0 Å². The van der Waals surface area contributed by atoms with E-state index in [0.717, 1.165) is 0 Å². The molecule has 0 saturated carbocycles. The van der Waals surface area contributed by atoms with Gasteiger partial charge in [-0.1, -0.05) is 5.11 Å². The molecule has 0 rings (SSSR count). The van der Waals surface area contributed by atoms with Gasteiger partial charge in [-0.3, -0.25) is 5.32 Å². The highest BCUT2D eigenvalue weighted by molar-refractivity contribution is 4.92. The van der Waals surface area contributed by atoms with Crippen molar-refractivity contribution >= 4 is 0 Å². The molecule has 5 heteroatoms. The average molecular weight is 153 g/mol. The summed E-state index contributed by atoms with van der Waals surface area (Å²) in [6.07, 6.45) is 0. The number of nitrogens with one attached hydrogen (secondary N) is 1. The molecule has 5 nitrogen and oxygen atoms in total. The maximum atomic E-state index is 8.51. The van der Waals surface area contributed by atoms with Crippen molar-refractivity contribution in [1.29, 1.82) is 5.26 Å². The number of nitriles is 1. The van der Waals surface area contributed by atoms with Gasteiger partial charge in [0.05, 0.1) is 12.6 Å². The third kappa shape index (κ3) is 5.22. The number of nitrogens with zero attached hydrogens (tertiary/aromatic N) is 4. The first kappa shape index (κ1) is 9.76. The molecular formula is C6H11N5. The van der Waals surface area contributed by atoms with Gasteiger partial charge in [0.1, 0.15) is 6.04 Å². The maximum Gasteiger partial charge on any atom is 0.101 e. The quantitative estimate of drug-likeness (QED) is 0.373. The van der Waals surface area contributed by atoms with Crippen LogP contribution >= 0.6 is 0 Å². The molecule has 0 bridgehead atoms. The van der Waals surface area contributed by atoms with Crippen molar-refractivity contribution in [3.63, 3.8) is 0 Å². The predicted octanol–water partition coefficient (Wildman–Crippen LogP) is 1.19. The Morgan fingerprint density at radius 2 is 2.36 bits per heavy atom. The number of hydrogen-bond donors (Lipinski definition) is 1. The molecule has 0 spiro atoms. The number of hydrogen-bond acceptors (Lipinski definition) is 3. The Bertz CT molecular complexity index is 186. The van der Waals surface area contributed by atoms with Crippen molar-refractivity contribution in [2.75, 3.05) is 6.54 Å². The molecule has 0 aromatic carbocycles. The van der Waals surface area contributed by atoms with Gasteiger partial charge in [0.25, 0.3) is 0 Å². The highest BCUT2D eigenvalue weighted by Gasteiger charge is 2.05. The Morgan fingerprint density at radius 3 is 2.73 bits per heavy atom. The molecule has 0 aliphatic rings. The van der Waals surface area contributed by atoms with Gasteiger partial charge in [-0.15, -0.1) is 0 Å². The Balaban J connectivity index is 3.78. The summed E-state index contributed by atoms with van der Waals surface area (Å²) in [6, 6.07) is 1.85. The van der Waals surface area contributed by atoms with Crippen LogP contribution in [-0.4, -0.2) is 18.6 Å². The van der Waals surface area contributed by atoms with Crippen molar-refractivity contribution in [2.24, 2.45) is 5.11 Å². The summed E-state index contributed by atoms with van der Waals surface area (Å²) >= 11 is 0. The molecule has 0 fully saturated rings. The molecule has 0 radical (unpaired) electrons. The zero-order chi connectivity index (χ0) is 8.69. The lowest BCUT2D eigenvalue weighted by Crippen LogP contribution is -2.35. The van der Waals surface area contributed by atoms with Gasteiger partial charge in [0.2, 0.25) is 0 Å². The fourth-order valence-corrected chi connectivity index (χ4v) is 0.651. The van der Waals surface area contributed by atoms with E-state index < -0.39 is 0 Å². The van der Waals surface area contributed by atoms with Gasteiger partial charge >= 0.3 is 0 Å². The predicted molar refractivity (Wildman–Crippen MR) is 41.7 cm³/mol. The maximum absolute atomic E-state index is 8.51.